The first-order valence-corrected chi connectivity index (χ1v) is 12.2. The lowest BCUT2D eigenvalue weighted by atomic mass is 10.2. The van der Waals surface area contributed by atoms with Gasteiger partial charge >= 0.3 is 0 Å². The molecule has 2 aromatic heterocycles. The number of benzene rings is 3. The summed E-state index contributed by atoms with van der Waals surface area (Å²) >= 11 is 9.50. The summed E-state index contributed by atoms with van der Waals surface area (Å²) in [6.07, 6.45) is 3.81. The van der Waals surface area contributed by atoms with Crippen LogP contribution in [0.5, 0.6) is 0 Å². The van der Waals surface area contributed by atoms with Crippen molar-refractivity contribution < 1.29 is 0 Å². The lowest BCUT2D eigenvalue weighted by Crippen LogP contribution is -2.23. The number of hydrogen-bond acceptors (Lipinski definition) is 3. The van der Waals surface area contributed by atoms with E-state index in [0.29, 0.717) is 23.3 Å². The number of fused-ring (bicyclic) bond motifs is 2. The predicted molar refractivity (Wildman–Crippen MR) is 143 cm³/mol. The smallest absolute Gasteiger partial charge is 0.282 e. The van der Waals surface area contributed by atoms with E-state index in [1.807, 2.05) is 62.4 Å². The molecule has 2 heterocycles. The summed E-state index contributed by atoms with van der Waals surface area (Å²) in [6.45, 7) is 4.72. The number of halogens is 2. The van der Waals surface area contributed by atoms with E-state index >= 15 is 0 Å². The summed E-state index contributed by atoms with van der Waals surface area (Å²) in [5, 5.41) is 6.94. The molecule has 0 aliphatic heterocycles. The molecule has 5 aromatic rings. The maximum atomic E-state index is 13.3. The van der Waals surface area contributed by atoms with Crippen LogP contribution in [0.4, 0.5) is 0 Å². The number of para-hydroxylation sites is 1. The highest BCUT2D eigenvalue weighted by Crippen LogP contribution is 2.23. The normalized spacial score (nSPS) is 11.9. The van der Waals surface area contributed by atoms with Crippen molar-refractivity contribution in [2.24, 2.45) is 5.10 Å². The van der Waals surface area contributed by atoms with Gasteiger partial charge < -0.3 is 4.57 Å². The molecule has 0 atom stereocenters. The summed E-state index contributed by atoms with van der Waals surface area (Å²) in [6, 6.07) is 21.6. The van der Waals surface area contributed by atoms with Gasteiger partial charge in [0.05, 0.1) is 17.1 Å². The molecule has 0 bridgehead atoms. The Kier molecular flexibility index (Phi) is 6.11. The minimum absolute atomic E-state index is 0.0316. The van der Waals surface area contributed by atoms with Crippen LogP contribution in [-0.2, 0) is 6.54 Å². The second-order valence-electron chi connectivity index (χ2n) is 8.50. The van der Waals surface area contributed by atoms with Crippen LogP contribution in [0, 0.1) is 0 Å². The Morgan fingerprint density at radius 1 is 1.06 bits per heavy atom. The van der Waals surface area contributed by atoms with E-state index in [0.717, 1.165) is 31.5 Å². The van der Waals surface area contributed by atoms with Gasteiger partial charge in [-0.25, -0.2) is 4.98 Å². The van der Waals surface area contributed by atoms with Crippen LogP contribution in [-0.4, -0.2) is 20.4 Å². The largest absolute Gasteiger partial charge is 0.342 e. The van der Waals surface area contributed by atoms with E-state index in [1.54, 1.807) is 12.3 Å². The molecule has 0 unspecified atom stereocenters. The minimum Gasteiger partial charge on any atom is -0.342 e. The first-order chi connectivity index (χ1) is 16.4. The van der Waals surface area contributed by atoms with Crippen molar-refractivity contribution in [1.82, 2.24) is 14.2 Å². The van der Waals surface area contributed by atoms with Gasteiger partial charge in [0.1, 0.15) is 5.82 Å². The number of aromatic nitrogens is 3. The molecule has 5 nitrogen and oxygen atoms in total. The van der Waals surface area contributed by atoms with Gasteiger partial charge in [-0.05, 0) is 42.0 Å². The molecule has 0 saturated heterocycles. The SMILES string of the molecule is CC(C)c1nc2ccc(Br)cc2c(=O)n1N=Cc1cn(Cc2ccc(Cl)cc2)c2ccccc12. The Bertz CT molecular complexity index is 1600. The zero-order valence-corrected chi connectivity index (χ0v) is 21.1. The molecule has 0 fully saturated rings. The summed E-state index contributed by atoms with van der Waals surface area (Å²) in [7, 11) is 0. The van der Waals surface area contributed by atoms with Gasteiger partial charge in [-0.3, -0.25) is 4.79 Å². The monoisotopic (exact) mass is 532 g/mol. The molecular weight excluding hydrogens is 512 g/mol. The number of hydrogen-bond donors (Lipinski definition) is 0. The fourth-order valence-corrected chi connectivity index (χ4v) is 4.55. The van der Waals surface area contributed by atoms with Gasteiger partial charge in [0, 0.05) is 44.6 Å². The standard InChI is InChI=1S/C27H22BrClN4O/c1-17(2)26-31-24-12-9-20(28)13-23(24)27(34)33(26)30-14-19-16-32(25-6-4-3-5-22(19)25)15-18-7-10-21(29)11-8-18/h3-14,16-17H,15H2,1-2H3. The zero-order valence-electron chi connectivity index (χ0n) is 18.7. The zero-order chi connectivity index (χ0) is 23.8. The van der Waals surface area contributed by atoms with Crippen molar-refractivity contribution in [2.75, 3.05) is 0 Å². The number of rotatable bonds is 5. The van der Waals surface area contributed by atoms with E-state index in [4.69, 9.17) is 16.6 Å². The van der Waals surface area contributed by atoms with Gasteiger partial charge in [-0.2, -0.15) is 9.78 Å². The van der Waals surface area contributed by atoms with Gasteiger partial charge in [-0.15, -0.1) is 0 Å². The Morgan fingerprint density at radius 3 is 2.59 bits per heavy atom. The van der Waals surface area contributed by atoms with Gasteiger partial charge in [0.25, 0.3) is 5.56 Å². The van der Waals surface area contributed by atoms with E-state index in [9.17, 15) is 4.79 Å². The Balaban J connectivity index is 1.61. The predicted octanol–water partition coefficient (Wildman–Crippen LogP) is 6.82. The molecule has 5 rings (SSSR count). The average molecular weight is 534 g/mol. The molecule has 3 aromatic carbocycles. The molecule has 170 valence electrons. The van der Waals surface area contributed by atoms with Gasteiger partial charge in [0.15, 0.2) is 0 Å². The Morgan fingerprint density at radius 2 is 1.82 bits per heavy atom. The maximum Gasteiger partial charge on any atom is 0.282 e. The van der Waals surface area contributed by atoms with Crippen LogP contribution < -0.4 is 5.56 Å². The maximum absolute atomic E-state index is 13.3. The molecule has 0 radical (unpaired) electrons. The van der Waals surface area contributed by atoms with Crippen LogP contribution in [0.15, 0.2) is 87.3 Å². The lowest BCUT2D eigenvalue weighted by Gasteiger charge is -2.11. The van der Waals surface area contributed by atoms with Crippen molar-refractivity contribution in [1.29, 1.82) is 0 Å². The van der Waals surface area contributed by atoms with Gasteiger partial charge in [0.2, 0.25) is 0 Å². The van der Waals surface area contributed by atoms with Crippen molar-refractivity contribution in [3.63, 3.8) is 0 Å². The third-order valence-electron chi connectivity index (χ3n) is 5.75. The molecule has 0 aliphatic rings. The Hall–Kier alpha value is -3.22. The summed E-state index contributed by atoms with van der Waals surface area (Å²) < 4.78 is 4.43. The highest BCUT2D eigenvalue weighted by Gasteiger charge is 2.14. The molecule has 0 saturated carbocycles. The van der Waals surface area contributed by atoms with Crippen LogP contribution in [0.2, 0.25) is 5.02 Å². The molecule has 0 N–H and O–H groups in total. The van der Waals surface area contributed by atoms with E-state index < -0.39 is 0 Å². The molecule has 34 heavy (non-hydrogen) atoms. The van der Waals surface area contributed by atoms with E-state index in [-0.39, 0.29) is 11.5 Å². The van der Waals surface area contributed by atoms with E-state index in [2.05, 4.69) is 43.9 Å². The molecule has 0 amide bonds. The summed E-state index contributed by atoms with van der Waals surface area (Å²) in [5.41, 5.74) is 3.66. The average Bonchev–Trinajstić information content (AvgIpc) is 3.17. The minimum atomic E-state index is -0.184. The highest BCUT2D eigenvalue weighted by molar-refractivity contribution is 9.10. The second-order valence-corrected chi connectivity index (χ2v) is 9.86. The van der Waals surface area contributed by atoms with E-state index in [1.165, 1.54) is 4.68 Å². The molecule has 0 aliphatic carbocycles. The van der Waals surface area contributed by atoms with Crippen molar-refractivity contribution in [2.45, 2.75) is 26.3 Å². The highest BCUT2D eigenvalue weighted by atomic mass is 79.9. The van der Waals surface area contributed by atoms with Crippen LogP contribution in [0.1, 0.15) is 36.7 Å². The van der Waals surface area contributed by atoms with Crippen molar-refractivity contribution in [3.05, 3.63) is 110 Å². The quantitative estimate of drug-likeness (QED) is 0.233. The molecular formula is C27H22BrClN4O. The van der Waals surface area contributed by atoms with Crippen LogP contribution in [0.25, 0.3) is 21.8 Å². The third-order valence-corrected chi connectivity index (χ3v) is 6.49. The van der Waals surface area contributed by atoms with Crippen molar-refractivity contribution >= 4 is 55.6 Å². The summed E-state index contributed by atoms with van der Waals surface area (Å²) in [5.74, 6) is 0.658. The fraction of sp³-hybridized carbons (Fsp3) is 0.148. The first kappa shape index (κ1) is 22.6. The first-order valence-electron chi connectivity index (χ1n) is 11.0. The Labute approximate surface area is 210 Å². The third kappa shape index (κ3) is 4.31. The topological polar surface area (TPSA) is 52.2 Å². The molecule has 7 heteroatoms. The van der Waals surface area contributed by atoms with Crippen molar-refractivity contribution in [3.8, 4) is 0 Å². The second kappa shape index (κ2) is 9.20. The summed E-state index contributed by atoms with van der Waals surface area (Å²) in [4.78, 5) is 18.1. The van der Waals surface area contributed by atoms with Gasteiger partial charge in [-0.1, -0.05) is 71.7 Å². The fourth-order valence-electron chi connectivity index (χ4n) is 4.07. The van der Waals surface area contributed by atoms with Crippen LogP contribution >= 0.6 is 27.5 Å². The molecule has 0 spiro atoms. The lowest BCUT2D eigenvalue weighted by molar-refractivity contribution is 0.665. The van der Waals surface area contributed by atoms with Crippen LogP contribution in [0.3, 0.4) is 0 Å². The number of nitrogens with zero attached hydrogens (tertiary/aromatic N) is 4.